The maximum Gasteiger partial charge on any atom is 0.121 e. The summed E-state index contributed by atoms with van der Waals surface area (Å²) in [6.45, 7) is 0. The van der Waals surface area contributed by atoms with Crippen molar-refractivity contribution in [2.75, 3.05) is 0 Å². The predicted octanol–water partition coefficient (Wildman–Crippen LogP) is 1.69. The van der Waals surface area contributed by atoms with Crippen LogP contribution in [0.15, 0.2) is 35.7 Å². The maximum atomic E-state index is 9.46. The average molecular weight is 191 g/mol. The molecule has 1 aromatic rings. The Labute approximate surface area is 81.7 Å². The molecule has 0 aliphatic heterocycles. The Hall–Kier alpha value is -1.35. The molecular formula is C10H9NOS. The number of benzene rings is 1. The minimum atomic E-state index is 0.184. The standard InChI is InChI=1S/C10H9NOS/c11-9-8(12)5-6-3-1-2-4-7(6)10(9)13/h1-4,12H,5,11H2. The van der Waals surface area contributed by atoms with Gasteiger partial charge in [-0.2, -0.15) is 0 Å². The van der Waals surface area contributed by atoms with Gasteiger partial charge < -0.3 is 10.8 Å². The second-order valence-corrected chi connectivity index (χ2v) is 3.43. The van der Waals surface area contributed by atoms with E-state index in [1.165, 1.54) is 0 Å². The predicted molar refractivity (Wildman–Crippen MR) is 55.7 cm³/mol. The minimum Gasteiger partial charge on any atom is -0.510 e. The number of hydrogen-bond donors (Lipinski definition) is 2. The van der Waals surface area contributed by atoms with Gasteiger partial charge >= 0.3 is 0 Å². The molecular weight excluding hydrogens is 182 g/mol. The number of rotatable bonds is 0. The third-order valence-corrected chi connectivity index (χ3v) is 2.62. The fourth-order valence-electron chi connectivity index (χ4n) is 1.45. The van der Waals surface area contributed by atoms with Crippen molar-refractivity contribution in [3.05, 3.63) is 46.8 Å². The molecule has 0 saturated carbocycles. The van der Waals surface area contributed by atoms with Gasteiger partial charge in [0.05, 0.1) is 10.6 Å². The van der Waals surface area contributed by atoms with Crippen molar-refractivity contribution in [2.24, 2.45) is 5.73 Å². The van der Waals surface area contributed by atoms with Crippen molar-refractivity contribution < 1.29 is 5.11 Å². The van der Waals surface area contributed by atoms with Crippen LogP contribution in [0.1, 0.15) is 11.1 Å². The molecule has 0 unspecified atom stereocenters. The molecule has 2 nitrogen and oxygen atoms in total. The van der Waals surface area contributed by atoms with Gasteiger partial charge in [-0.1, -0.05) is 36.5 Å². The fraction of sp³-hybridized carbons (Fsp3) is 0.100. The van der Waals surface area contributed by atoms with Crippen LogP contribution in [0.5, 0.6) is 0 Å². The van der Waals surface area contributed by atoms with Crippen molar-refractivity contribution in [1.29, 1.82) is 0 Å². The highest BCUT2D eigenvalue weighted by molar-refractivity contribution is 7.81. The Morgan fingerprint density at radius 1 is 1.31 bits per heavy atom. The van der Waals surface area contributed by atoms with E-state index >= 15 is 0 Å². The lowest BCUT2D eigenvalue weighted by Crippen LogP contribution is -2.20. The van der Waals surface area contributed by atoms with E-state index < -0.39 is 0 Å². The highest BCUT2D eigenvalue weighted by atomic mass is 32.1. The average Bonchev–Trinajstić information content (AvgIpc) is 2.15. The normalized spacial score (nSPS) is 15.8. The smallest absolute Gasteiger partial charge is 0.121 e. The number of fused-ring (bicyclic) bond motifs is 1. The van der Waals surface area contributed by atoms with Crippen LogP contribution >= 0.6 is 12.2 Å². The second-order valence-electron chi connectivity index (χ2n) is 3.02. The van der Waals surface area contributed by atoms with E-state index in [9.17, 15) is 5.11 Å². The SMILES string of the molecule is NC1=C(O)Cc2ccccc2C1=S. The van der Waals surface area contributed by atoms with Crippen molar-refractivity contribution in [3.8, 4) is 0 Å². The Kier molecular flexibility index (Phi) is 1.81. The molecule has 2 rings (SSSR count). The van der Waals surface area contributed by atoms with Gasteiger partial charge in [0, 0.05) is 6.42 Å². The van der Waals surface area contributed by atoms with E-state index in [-0.39, 0.29) is 5.76 Å². The summed E-state index contributed by atoms with van der Waals surface area (Å²) in [5.41, 5.74) is 7.97. The van der Waals surface area contributed by atoms with Crippen LogP contribution in [-0.2, 0) is 6.42 Å². The molecule has 0 aromatic heterocycles. The number of aliphatic hydroxyl groups is 1. The fourth-order valence-corrected chi connectivity index (χ4v) is 1.76. The molecule has 0 bridgehead atoms. The molecule has 1 aromatic carbocycles. The van der Waals surface area contributed by atoms with E-state index in [0.29, 0.717) is 17.0 Å². The maximum absolute atomic E-state index is 9.46. The van der Waals surface area contributed by atoms with Crippen molar-refractivity contribution >= 4 is 17.1 Å². The van der Waals surface area contributed by atoms with Gasteiger partial charge in [-0.25, -0.2) is 0 Å². The number of aliphatic hydroxyl groups excluding tert-OH is 1. The Bertz CT molecular complexity index is 409. The van der Waals surface area contributed by atoms with E-state index in [2.05, 4.69) is 0 Å². The third-order valence-electron chi connectivity index (χ3n) is 2.18. The molecule has 1 aliphatic carbocycles. The van der Waals surface area contributed by atoms with E-state index in [1.54, 1.807) is 0 Å². The number of hydrogen-bond acceptors (Lipinski definition) is 3. The molecule has 0 radical (unpaired) electrons. The van der Waals surface area contributed by atoms with Crippen LogP contribution in [0, 0.1) is 0 Å². The molecule has 0 atom stereocenters. The Morgan fingerprint density at radius 2 is 2.00 bits per heavy atom. The first-order valence-corrected chi connectivity index (χ1v) is 4.41. The summed E-state index contributed by atoms with van der Waals surface area (Å²) in [7, 11) is 0. The van der Waals surface area contributed by atoms with Gasteiger partial charge in [0.25, 0.3) is 0 Å². The van der Waals surface area contributed by atoms with Crippen molar-refractivity contribution in [2.45, 2.75) is 6.42 Å². The van der Waals surface area contributed by atoms with Gasteiger partial charge in [-0.05, 0) is 11.1 Å². The zero-order chi connectivity index (χ0) is 9.42. The molecule has 0 amide bonds. The topological polar surface area (TPSA) is 46.2 Å². The van der Waals surface area contributed by atoms with Gasteiger partial charge in [0.2, 0.25) is 0 Å². The molecule has 66 valence electrons. The second kappa shape index (κ2) is 2.85. The minimum absolute atomic E-state index is 0.184. The van der Waals surface area contributed by atoms with Crippen molar-refractivity contribution in [1.82, 2.24) is 0 Å². The molecule has 0 saturated heterocycles. The Balaban J connectivity index is 2.59. The largest absolute Gasteiger partial charge is 0.510 e. The monoisotopic (exact) mass is 191 g/mol. The lowest BCUT2D eigenvalue weighted by atomic mass is 9.94. The summed E-state index contributed by atoms with van der Waals surface area (Å²) in [4.78, 5) is 0.555. The summed E-state index contributed by atoms with van der Waals surface area (Å²) in [6.07, 6.45) is 0.488. The third kappa shape index (κ3) is 1.21. The summed E-state index contributed by atoms with van der Waals surface area (Å²) >= 11 is 5.12. The molecule has 3 N–H and O–H groups in total. The zero-order valence-electron chi connectivity index (χ0n) is 6.95. The summed E-state index contributed by atoms with van der Waals surface area (Å²) in [5, 5.41) is 9.46. The van der Waals surface area contributed by atoms with Gasteiger partial charge in [-0.15, -0.1) is 0 Å². The van der Waals surface area contributed by atoms with E-state index in [4.69, 9.17) is 18.0 Å². The molecule has 3 heteroatoms. The number of nitrogens with two attached hydrogens (primary N) is 1. The number of thiocarbonyl (C=S) groups is 1. The quantitative estimate of drug-likeness (QED) is 0.613. The molecule has 13 heavy (non-hydrogen) atoms. The van der Waals surface area contributed by atoms with Crippen LogP contribution in [0.3, 0.4) is 0 Å². The van der Waals surface area contributed by atoms with Gasteiger partial charge in [-0.3, -0.25) is 0 Å². The Morgan fingerprint density at radius 3 is 2.77 bits per heavy atom. The van der Waals surface area contributed by atoms with Gasteiger partial charge in [0.15, 0.2) is 0 Å². The molecule has 0 heterocycles. The zero-order valence-corrected chi connectivity index (χ0v) is 7.77. The van der Waals surface area contributed by atoms with Crippen LogP contribution in [-0.4, -0.2) is 9.97 Å². The van der Waals surface area contributed by atoms with Crippen LogP contribution in [0.4, 0.5) is 0 Å². The van der Waals surface area contributed by atoms with Crippen LogP contribution < -0.4 is 5.73 Å². The number of allylic oxidation sites excluding steroid dienone is 2. The van der Waals surface area contributed by atoms with E-state index in [1.807, 2.05) is 24.3 Å². The first-order valence-electron chi connectivity index (χ1n) is 4.00. The first kappa shape index (κ1) is 8.26. The lowest BCUT2D eigenvalue weighted by Gasteiger charge is -2.17. The highest BCUT2D eigenvalue weighted by Crippen LogP contribution is 2.22. The van der Waals surface area contributed by atoms with E-state index in [0.717, 1.165) is 11.1 Å². The first-order chi connectivity index (χ1) is 6.20. The van der Waals surface area contributed by atoms with Crippen LogP contribution in [0.25, 0.3) is 0 Å². The molecule has 0 spiro atoms. The summed E-state index contributed by atoms with van der Waals surface area (Å²) in [6, 6.07) is 7.72. The van der Waals surface area contributed by atoms with Crippen molar-refractivity contribution in [3.63, 3.8) is 0 Å². The van der Waals surface area contributed by atoms with Crippen LogP contribution in [0.2, 0.25) is 0 Å². The lowest BCUT2D eigenvalue weighted by molar-refractivity contribution is 0.392. The highest BCUT2D eigenvalue weighted by Gasteiger charge is 2.19. The summed E-state index contributed by atoms with van der Waals surface area (Å²) in [5.74, 6) is 0.184. The van der Waals surface area contributed by atoms with Gasteiger partial charge in [0.1, 0.15) is 5.76 Å². The molecule has 1 aliphatic rings. The molecule has 0 fully saturated rings. The summed E-state index contributed by atoms with van der Waals surface area (Å²) < 4.78 is 0.